The molecule has 0 aliphatic heterocycles. The van der Waals surface area contributed by atoms with Crippen LogP contribution in [-0.4, -0.2) is 13.9 Å². The Morgan fingerprint density at radius 1 is 1.00 bits per heavy atom. The van der Waals surface area contributed by atoms with Crippen LogP contribution in [0.4, 0.5) is 17.3 Å². The second-order valence-electron chi connectivity index (χ2n) is 0.495. The average molecular weight is 136 g/mol. The van der Waals surface area contributed by atoms with Crippen molar-refractivity contribution in [1.82, 2.24) is 0 Å². The highest BCUT2D eigenvalue weighted by molar-refractivity contribution is 7.15. The summed E-state index contributed by atoms with van der Waals surface area (Å²) in [6, 6.07) is 0. The number of hydrogen-bond acceptors (Lipinski definition) is 0. The smallest absolute Gasteiger partial charge is 0.418 e. The predicted molar refractivity (Wildman–Crippen MR) is 27.2 cm³/mol. The van der Waals surface area contributed by atoms with Gasteiger partial charge in [-0.3, -0.25) is 0 Å². The fourth-order valence-corrected chi connectivity index (χ4v) is 0. The first-order valence-corrected chi connectivity index (χ1v) is 2.99. The van der Waals surface area contributed by atoms with Crippen molar-refractivity contribution in [2.75, 3.05) is 6.66 Å². The summed E-state index contributed by atoms with van der Waals surface area (Å²) in [6.07, 6.45) is 0. The lowest BCUT2D eigenvalue weighted by atomic mass is 10.3. The minimum absolute atomic E-state index is 1.86. The molecule has 0 heterocycles. The molecule has 0 bridgehead atoms. The quantitative estimate of drug-likeness (QED) is 0.269. The molecule has 0 aromatic rings. The Bertz CT molecular complexity index is 27.2. The Hall–Kier alpha value is 0.215. The molecule has 0 fully saturated rings. The highest BCUT2D eigenvalue weighted by Gasteiger charge is 2.20. The van der Waals surface area contributed by atoms with E-state index in [1.165, 1.54) is 0 Å². The Labute approximate surface area is 41.6 Å². The molecule has 1 atom stereocenters. The van der Waals surface area contributed by atoms with E-state index in [-0.39, 0.29) is 0 Å². The van der Waals surface area contributed by atoms with Gasteiger partial charge in [0.05, 0.1) is 0 Å². The summed E-state index contributed by atoms with van der Waals surface area (Å²) in [5.41, 5.74) is 0. The van der Waals surface area contributed by atoms with Crippen molar-refractivity contribution < 1.29 is 17.3 Å². The van der Waals surface area contributed by atoms with Gasteiger partial charge in [0.25, 0.3) is 0 Å². The van der Waals surface area contributed by atoms with Crippen molar-refractivity contribution in [3.8, 4) is 0 Å². The maximum atomic E-state index is 9.75. The third-order valence-electron chi connectivity index (χ3n) is 0. The molecular weight excluding hydrogens is 130 g/mol. The van der Waals surface area contributed by atoms with Crippen molar-refractivity contribution in [3.05, 3.63) is 0 Å². The summed E-state index contributed by atoms with van der Waals surface area (Å²) < 4.78 is 39.0. The predicted octanol–water partition coefficient (Wildman–Crippen LogP) is 1.52. The zero-order chi connectivity index (χ0) is 6.50. The molecule has 1 unspecified atom stereocenters. The van der Waals surface area contributed by atoms with Crippen LogP contribution in [-0.2, 0) is 0 Å². The standard InChI is InChI=1S/CH5P.BF4/c1-2;2-1(3,4)5/h2H2,1H3;/q;-1/p+1. The first-order chi connectivity index (χ1) is 3.00. The molecule has 0 saturated heterocycles. The first-order valence-electron chi connectivity index (χ1n) is 1.58. The zero-order valence-corrected chi connectivity index (χ0v) is 5.21. The summed E-state index contributed by atoms with van der Waals surface area (Å²) in [5, 5.41) is 0. The van der Waals surface area contributed by atoms with E-state index in [1.807, 2.05) is 15.9 Å². The number of rotatable bonds is 0. The molecule has 0 spiro atoms. The van der Waals surface area contributed by atoms with Gasteiger partial charge in [-0.15, -0.1) is 0 Å². The summed E-state index contributed by atoms with van der Waals surface area (Å²) in [5.74, 6) is 0. The van der Waals surface area contributed by atoms with Crippen LogP contribution in [0.3, 0.4) is 0 Å². The lowest BCUT2D eigenvalue weighted by Crippen LogP contribution is -2.02. The minimum atomic E-state index is -6.00. The number of hydrogen-bond donors (Lipinski definition) is 0. The van der Waals surface area contributed by atoms with Crippen LogP contribution in [0.25, 0.3) is 0 Å². The molecule has 7 heavy (non-hydrogen) atoms. The monoisotopic (exact) mass is 136 g/mol. The average Bonchev–Trinajstić information content (AvgIpc) is 1.36. The van der Waals surface area contributed by atoms with Crippen LogP contribution in [0.1, 0.15) is 0 Å². The van der Waals surface area contributed by atoms with Crippen molar-refractivity contribution in [2.24, 2.45) is 0 Å². The van der Waals surface area contributed by atoms with E-state index >= 15 is 0 Å². The van der Waals surface area contributed by atoms with E-state index < -0.39 is 7.25 Å². The second-order valence-corrected chi connectivity index (χ2v) is 0.495. The van der Waals surface area contributed by atoms with Crippen LogP contribution in [0.15, 0.2) is 0 Å². The zero-order valence-electron chi connectivity index (χ0n) is 3.80. The van der Waals surface area contributed by atoms with Gasteiger partial charge in [0.1, 0.15) is 0 Å². The van der Waals surface area contributed by atoms with E-state index in [0.717, 1.165) is 0 Å². The largest absolute Gasteiger partial charge is 0.673 e. The SMILES string of the molecule is C[PH3+].F[B-](F)(F)F. The van der Waals surface area contributed by atoms with Crippen LogP contribution in [0.5, 0.6) is 0 Å². The maximum Gasteiger partial charge on any atom is 0.673 e. The molecule has 0 rings (SSSR count). The normalized spacial score (nSPS) is 9.86. The van der Waals surface area contributed by atoms with Crippen LogP contribution >= 0.6 is 9.24 Å². The van der Waals surface area contributed by atoms with E-state index in [2.05, 4.69) is 0 Å². The molecule has 0 aromatic carbocycles. The molecule has 0 amide bonds. The molecular formula is CH6BF4P. The summed E-state index contributed by atoms with van der Waals surface area (Å²) in [7, 11) is -4.14. The molecule has 6 heteroatoms. The van der Waals surface area contributed by atoms with E-state index in [1.54, 1.807) is 0 Å². The van der Waals surface area contributed by atoms with Gasteiger partial charge in [0.15, 0.2) is 0 Å². The molecule has 0 radical (unpaired) electrons. The van der Waals surface area contributed by atoms with E-state index in [4.69, 9.17) is 0 Å². The lowest BCUT2D eigenvalue weighted by Gasteiger charge is -1.94. The Balaban J connectivity index is 0. The third kappa shape index (κ3) is 2390. The van der Waals surface area contributed by atoms with Gasteiger partial charge in [-0.1, -0.05) is 0 Å². The van der Waals surface area contributed by atoms with Crippen molar-refractivity contribution in [1.29, 1.82) is 0 Å². The summed E-state index contributed by atoms with van der Waals surface area (Å²) in [6.45, 7) is 2.03. The van der Waals surface area contributed by atoms with Crippen molar-refractivity contribution >= 4 is 16.5 Å². The van der Waals surface area contributed by atoms with Crippen LogP contribution in [0, 0.1) is 0 Å². The Kier molecular flexibility index (Phi) is 6.41. The topological polar surface area (TPSA) is 0 Å². The Morgan fingerprint density at radius 3 is 1.00 bits per heavy atom. The first kappa shape index (κ1) is 10.2. The molecule has 0 aliphatic rings. The lowest BCUT2D eigenvalue weighted by molar-refractivity contribution is 0.368. The highest BCUT2D eigenvalue weighted by Crippen LogP contribution is 2.06. The molecule has 0 N–H and O–H groups in total. The van der Waals surface area contributed by atoms with E-state index in [9.17, 15) is 17.3 Å². The molecule has 0 aliphatic carbocycles. The van der Waals surface area contributed by atoms with Gasteiger partial charge in [-0.05, 0) is 9.24 Å². The molecule has 0 aromatic heterocycles. The maximum absolute atomic E-state index is 9.75. The molecule has 0 nitrogen and oxygen atoms in total. The van der Waals surface area contributed by atoms with Gasteiger partial charge in [-0.2, -0.15) is 0 Å². The van der Waals surface area contributed by atoms with Crippen molar-refractivity contribution in [3.63, 3.8) is 0 Å². The van der Waals surface area contributed by atoms with Crippen LogP contribution < -0.4 is 0 Å². The summed E-state index contributed by atoms with van der Waals surface area (Å²) in [4.78, 5) is 0. The van der Waals surface area contributed by atoms with Gasteiger partial charge < -0.3 is 17.3 Å². The Morgan fingerprint density at radius 2 is 1.00 bits per heavy atom. The summed E-state index contributed by atoms with van der Waals surface area (Å²) >= 11 is 0. The van der Waals surface area contributed by atoms with Gasteiger partial charge in [0.2, 0.25) is 0 Å². The van der Waals surface area contributed by atoms with Crippen molar-refractivity contribution in [2.45, 2.75) is 0 Å². The molecule has 46 valence electrons. The highest BCUT2D eigenvalue weighted by atomic mass is 31.0. The minimum Gasteiger partial charge on any atom is -0.418 e. The fraction of sp³-hybridized carbons (Fsp3) is 1.00. The van der Waals surface area contributed by atoms with Gasteiger partial charge in [-0.25, -0.2) is 0 Å². The van der Waals surface area contributed by atoms with Gasteiger partial charge in [0, 0.05) is 6.66 Å². The van der Waals surface area contributed by atoms with Gasteiger partial charge >= 0.3 is 7.25 Å². The second kappa shape index (κ2) is 4.38. The van der Waals surface area contributed by atoms with Crippen LogP contribution in [0.2, 0.25) is 0 Å². The van der Waals surface area contributed by atoms with E-state index in [0.29, 0.717) is 0 Å². The fourth-order valence-electron chi connectivity index (χ4n) is 0. The molecule has 0 saturated carbocycles. The third-order valence-corrected chi connectivity index (χ3v) is 0. The number of halogens is 4.